The maximum absolute atomic E-state index is 13.4. The summed E-state index contributed by atoms with van der Waals surface area (Å²) in [5, 5.41) is 0.681. The zero-order chi connectivity index (χ0) is 19.2. The molecule has 27 heavy (non-hydrogen) atoms. The van der Waals surface area contributed by atoms with Gasteiger partial charge in [0.15, 0.2) is 0 Å². The second-order valence-corrected chi connectivity index (χ2v) is 7.10. The molecule has 1 fully saturated rings. The van der Waals surface area contributed by atoms with Crippen LogP contribution in [0.4, 0.5) is 4.39 Å². The van der Waals surface area contributed by atoms with Gasteiger partial charge >= 0.3 is 0 Å². The summed E-state index contributed by atoms with van der Waals surface area (Å²) in [6, 6.07) is 13.2. The summed E-state index contributed by atoms with van der Waals surface area (Å²) in [6.45, 7) is 2.16. The Labute approximate surface area is 163 Å². The molecule has 0 aromatic heterocycles. The van der Waals surface area contributed by atoms with E-state index in [1.54, 1.807) is 11.0 Å². The zero-order valence-corrected chi connectivity index (χ0v) is 15.8. The number of benzene rings is 2. The quantitative estimate of drug-likeness (QED) is 0.799. The lowest BCUT2D eigenvalue weighted by molar-refractivity contribution is -0.131. The molecular formula is C21H22ClFN2O2. The van der Waals surface area contributed by atoms with Gasteiger partial charge in [0.1, 0.15) is 5.82 Å². The minimum absolute atomic E-state index is 0.0880. The Morgan fingerprint density at radius 2 is 1.67 bits per heavy atom. The van der Waals surface area contributed by atoms with Gasteiger partial charge in [0, 0.05) is 43.2 Å². The Morgan fingerprint density at radius 3 is 2.41 bits per heavy atom. The third-order valence-corrected chi connectivity index (χ3v) is 5.00. The number of halogens is 2. The largest absolute Gasteiger partial charge is 0.341 e. The molecular weight excluding hydrogens is 367 g/mol. The van der Waals surface area contributed by atoms with Crippen molar-refractivity contribution < 1.29 is 14.0 Å². The van der Waals surface area contributed by atoms with Crippen LogP contribution in [0.2, 0.25) is 5.02 Å². The lowest BCUT2D eigenvalue weighted by Crippen LogP contribution is -2.37. The molecule has 0 bridgehead atoms. The van der Waals surface area contributed by atoms with Crippen LogP contribution >= 0.6 is 11.6 Å². The normalized spacial score (nSPS) is 14.7. The smallest absolute Gasteiger partial charge is 0.254 e. The fourth-order valence-electron chi connectivity index (χ4n) is 3.23. The van der Waals surface area contributed by atoms with Gasteiger partial charge in [0.2, 0.25) is 5.91 Å². The van der Waals surface area contributed by atoms with Crippen molar-refractivity contribution in [2.45, 2.75) is 19.3 Å². The number of aryl methyl sites for hydroxylation is 1. The monoisotopic (exact) mass is 388 g/mol. The van der Waals surface area contributed by atoms with Gasteiger partial charge < -0.3 is 9.80 Å². The Kier molecular flexibility index (Phi) is 6.45. The van der Waals surface area contributed by atoms with Gasteiger partial charge in [0.25, 0.3) is 5.91 Å². The molecule has 0 atom stereocenters. The Bertz CT molecular complexity index is 810. The van der Waals surface area contributed by atoms with Crippen LogP contribution in [0.5, 0.6) is 0 Å². The Hall–Kier alpha value is -2.40. The Morgan fingerprint density at radius 1 is 0.963 bits per heavy atom. The summed E-state index contributed by atoms with van der Waals surface area (Å²) in [5.74, 6) is -0.523. The standard InChI is InChI=1S/C21H22ClFN2O2/c22-18-8-5-16(6-9-18)7-10-20(26)24-11-2-12-25(14-13-24)21(27)17-3-1-4-19(23)15-17/h1,3-6,8-9,15H,2,7,10-14H2. The summed E-state index contributed by atoms with van der Waals surface area (Å²) in [5.41, 5.74) is 1.42. The van der Waals surface area contributed by atoms with Crippen LogP contribution < -0.4 is 0 Å². The van der Waals surface area contributed by atoms with E-state index >= 15 is 0 Å². The number of amides is 2. The number of carbonyl (C=O) groups is 2. The minimum atomic E-state index is -0.422. The molecule has 0 aliphatic carbocycles. The zero-order valence-electron chi connectivity index (χ0n) is 15.0. The maximum Gasteiger partial charge on any atom is 0.254 e. The van der Waals surface area contributed by atoms with Crippen molar-refractivity contribution in [1.29, 1.82) is 0 Å². The highest BCUT2D eigenvalue weighted by Gasteiger charge is 2.22. The fraction of sp³-hybridized carbons (Fsp3) is 0.333. The molecule has 6 heteroatoms. The first-order chi connectivity index (χ1) is 13.0. The second-order valence-electron chi connectivity index (χ2n) is 6.66. The van der Waals surface area contributed by atoms with Crippen molar-refractivity contribution in [2.75, 3.05) is 26.2 Å². The third kappa shape index (κ3) is 5.30. The molecule has 4 nitrogen and oxygen atoms in total. The van der Waals surface area contributed by atoms with Crippen LogP contribution in [-0.4, -0.2) is 47.8 Å². The lowest BCUT2D eigenvalue weighted by atomic mass is 10.1. The van der Waals surface area contributed by atoms with E-state index in [-0.39, 0.29) is 11.8 Å². The maximum atomic E-state index is 13.4. The number of carbonyl (C=O) groups excluding carboxylic acids is 2. The first kappa shape index (κ1) is 19.4. The van der Waals surface area contributed by atoms with Crippen LogP contribution in [0.3, 0.4) is 0 Å². The highest BCUT2D eigenvalue weighted by molar-refractivity contribution is 6.30. The highest BCUT2D eigenvalue weighted by Crippen LogP contribution is 2.14. The molecule has 1 aliphatic heterocycles. The van der Waals surface area contributed by atoms with E-state index in [0.29, 0.717) is 56.0 Å². The van der Waals surface area contributed by atoms with E-state index in [2.05, 4.69) is 0 Å². The van der Waals surface area contributed by atoms with Crippen LogP contribution in [0, 0.1) is 5.82 Å². The van der Waals surface area contributed by atoms with Crippen molar-refractivity contribution in [3.05, 3.63) is 70.5 Å². The van der Waals surface area contributed by atoms with E-state index in [9.17, 15) is 14.0 Å². The van der Waals surface area contributed by atoms with E-state index < -0.39 is 5.82 Å². The molecule has 142 valence electrons. The average molecular weight is 389 g/mol. The van der Waals surface area contributed by atoms with Crippen LogP contribution in [-0.2, 0) is 11.2 Å². The SMILES string of the molecule is O=C(CCc1ccc(Cl)cc1)N1CCCN(C(=O)c2cccc(F)c2)CC1. The third-order valence-electron chi connectivity index (χ3n) is 4.75. The molecule has 2 amide bonds. The van der Waals surface area contributed by atoms with Crippen molar-refractivity contribution in [3.63, 3.8) is 0 Å². The van der Waals surface area contributed by atoms with E-state index in [1.807, 2.05) is 29.2 Å². The summed E-state index contributed by atoms with van der Waals surface area (Å²) >= 11 is 5.88. The molecule has 0 N–H and O–H groups in total. The summed E-state index contributed by atoms with van der Waals surface area (Å²) in [7, 11) is 0. The molecule has 1 aliphatic rings. The number of hydrogen-bond acceptors (Lipinski definition) is 2. The number of hydrogen-bond donors (Lipinski definition) is 0. The summed E-state index contributed by atoms with van der Waals surface area (Å²) in [4.78, 5) is 28.6. The first-order valence-corrected chi connectivity index (χ1v) is 9.48. The van der Waals surface area contributed by atoms with Gasteiger partial charge in [0.05, 0.1) is 0 Å². The van der Waals surface area contributed by atoms with Gasteiger partial charge in [-0.05, 0) is 48.7 Å². The van der Waals surface area contributed by atoms with Crippen molar-refractivity contribution in [1.82, 2.24) is 9.80 Å². The molecule has 0 saturated carbocycles. The predicted octanol–water partition coefficient (Wildman–Crippen LogP) is 3.79. The van der Waals surface area contributed by atoms with Gasteiger partial charge in [-0.3, -0.25) is 9.59 Å². The minimum Gasteiger partial charge on any atom is -0.341 e. The topological polar surface area (TPSA) is 40.6 Å². The molecule has 3 rings (SSSR count). The molecule has 0 spiro atoms. The summed E-state index contributed by atoms with van der Waals surface area (Å²) in [6.07, 6.45) is 1.81. The molecule has 1 heterocycles. The van der Waals surface area contributed by atoms with Gasteiger partial charge in [-0.25, -0.2) is 4.39 Å². The van der Waals surface area contributed by atoms with E-state index in [4.69, 9.17) is 11.6 Å². The molecule has 2 aromatic rings. The molecule has 2 aromatic carbocycles. The van der Waals surface area contributed by atoms with Crippen LogP contribution in [0.15, 0.2) is 48.5 Å². The van der Waals surface area contributed by atoms with Gasteiger partial charge in [-0.1, -0.05) is 29.8 Å². The number of rotatable bonds is 4. The molecule has 1 saturated heterocycles. The van der Waals surface area contributed by atoms with Crippen molar-refractivity contribution >= 4 is 23.4 Å². The predicted molar refractivity (Wildman–Crippen MR) is 103 cm³/mol. The van der Waals surface area contributed by atoms with Crippen molar-refractivity contribution in [2.24, 2.45) is 0 Å². The summed E-state index contributed by atoms with van der Waals surface area (Å²) < 4.78 is 13.4. The van der Waals surface area contributed by atoms with Crippen molar-refractivity contribution in [3.8, 4) is 0 Å². The van der Waals surface area contributed by atoms with Gasteiger partial charge in [-0.2, -0.15) is 0 Å². The molecule has 0 radical (unpaired) electrons. The lowest BCUT2D eigenvalue weighted by Gasteiger charge is -2.22. The van der Waals surface area contributed by atoms with E-state index in [0.717, 1.165) is 5.56 Å². The van der Waals surface area contributed by atoms with Gasteiger partial charge in [-0.15, -0.1) is 0 Å². The Balaban J connectivity index is 1.53. The molecule has 0 unspecified atom stereocenters. The number of nitrogens with zero attached hydrogens (tertiary/aromatic N) is 2. The van der Waals surface area contributed by atoms with Crippen LogP contribution in [0.1, 0.15) is 28.8 Å². The fourth-order valence-corrected chi connectivity index (χ4v) is 3.36. The average Bonchev–Trinajstić information content (AvgIpc) is 2.93. The first-order valence-electron chi connectivity index (χ1n) is 9.10. The highest BCUT2D eigenvalue weighted by atomic mass is 35.5. The van der Waals surface area contributed by atoms with Crippen LogP contribution in [0.25, 0.3) is 0 Å². The van der Waals surface area contributed by atoms with E-state index in [1.165, 1.54) is 18.2 Å². The second kappa shape index (κ2) is 9.00.